The molecule has 36 heavy (non-hydrogen) atoms. The summed E-state index contributed by atoms with van der Waals surface area (Å²) in [5.41, 5.74) is 2.41. The van der Waals surface area contributed by atoms with Gasteiger partial charge in [-0.3, -0.25) is 0 Å². The Morgan fingerprint density at radius 3 is 2.78 bits per heavy atom. The number of aromatic nitrogens is 4. The van der Waals surface area contributed by atoms with E-state index in [0.717, 1.165) is 18.4 Å². The van der Waals surface area contributed by atoms with Crippen LogP contribution in [0.25, 0.3) is 16.9 Å². The number of fused-ring (bicyclic) bond motifs is 1. The molecule has 0 bridgehead atoms. The first kappa shape index (κ1) is 25.5. The molecule has 1 atom stereocenters. The Labute approximate surface area is 228 Å². The van der Waals surface area contributed by atoms with Gasteiger partial charge in [0, 0.05) is 48.7 Å². The first-order valence-electron chi connectivity index (χ1n) is 11.2. The molecular weight excluding hydrogens is 586 g/mol. The molecule has 1 unspecified atom stereocenters. The minimum Gasteiger partial charge on any atom is -0.370 e. The van der Waals surface area contributed by atoms with Gasteiger partial charge in [0.1, 0.15) is 23.7 Å². The second-order valence-electron chi connectivity index (χ2n) is 8.54. The highest BCUT2D eigenvalue weighted by Gasteiger charge is 2.31. The highest BCUT2D eigenvalue weighted by molar-refractivity contribution is 9.10. The fourth-order valence-corrected chi connectivity index (χ4v) is 6.63. The van der Waals surface area contributed by atoms with Gasteiger partial charge < -0.3 is 5.32 Å². The van der Waals surface area contributed by atoms with Crippen molar-refractivity contribution < 1.29 is 8.42 Å². The largest absolute Gasteiger partial charge is 0.370 e. The summed E-state index contributed by atoms with van der Waals surface area (Å²) >= 11 is 15.6. The lowest BCUT2D eigenvalue weighted by Gasteiger charge is -2.32. The van der Waals surface area contributed by atoms with E-state index >= 15 is 0 Å². The Balaban J connectivity index is 1.37. The third-order valence-corrected chi connectivity index (χ3v) is 9.41. The molecule has 0 spiro atoms. The highest BCUT2D eigenvalue weighted by Crippen LogP contribution is 2.30. The molecule has 184 valence electrons. The van der Waals surface area contributed by atoms with E-state index in [2.05, 4.69) is 36.3 Å². The van der Waals surface area contributed by atoms with Gasteiger partial charge in [-0.15, -0.1) is 0 Å². The SMILES string of the molecule is [B]c1cnn2c(NCC3CCCN(S(=O)(=O)c4cnc(Cl)c(Br)c4)C3)cc(-c3ccccc3Cl)nc12. The van der Waals surface area contributed by atoms with E-state index in [1.54, 1.807) is 16.8 Å². The third kappa shape index (κ3) is 4.99. The predicted octanol–water partition coefficient (Wildman–Crippen LogP) is 4.17. The van der Waals surface area contributed by atoms with Gasteiger partial charge >= 0.3 is 0 Å². The van der Waals surface area contributed by atoms with Crippen LogP contribution in [0, 0.1) is 5.92 Å². The normalized spacial score (nSPS) is 16.9. The molecule has 0 aliphatic carbocycles. The van der Waals surface area contributed by atoms with Crippen LogP contribution < -0.4 is 10.8 Å². The van der Waals surface area contributed by atoms with Crippen molar-refractivity contribution >= 4 is 73.9 Å². The molecular formula is C23H20BBrCl2N6O2S. The molecule has 1 aliphatic rings. The van der Waals surface area contributed by atoms with E-state index in [-0.39, 0.29) is 16.0 Å². The second-order valence-corrected chi connectivity index (χ2v) is 12.1. The van der Waals surface area contributed by atoms with Gasteiger partial charge in [-0.25, -0.2) is 18.4 Å². The van der Waals surface area contributed by atoms with Crippen molar-refractivity contribution in [3.8, 4) is 11.3 Å². The van der Waals surface area contributed by atoms with Crippen LogP contribution in [0.15, 0.2) is 58.2 Å². The summed E-state index contributed by atoms with van der Waals surface area (Å²) in [7, 11) is 2.41. The Bertz CT molecular complexity index is 1550. The second kappa shape index (κ2) is 10.3. The maximum absolute atomic E-state index is 13.2. The molecule has 4 heterocycles. The predicted molar refractivity (Wildman–Crippen MR) is 146 cm³/mol. The lowest BCUT2D eigenvalue weighted by Crippen LogP contribution is -2.41. The van der Waals surface area contributed by atoms with Crippen LogP contribution in [-0.4, -0.2) is 59.8 Å². The summed E-state index contributed by atoms with van der Waals surface area (Å²) in [5, 5.41) is 8.58. The maximum Gasteiger partial charge on any atom is 0.244 e. The number of nitrogens with zero attached hydrogens (tertiary/aromatic N) is 5. The molecule has 0 amide bonds. The third-order valence-electron chi connectivity index (χ3n) is 6.11. The van der Waals surface area contributed by atoms with Gasteiger partial charge in [-0.2, -0.15) is 13.9 Å². The maximum atomic E-state index is 13.2. The first-order chi connectivity index (χ1) is 17.2. The molecule has 0 saturated carbocycles. The van der Waals surface area contributed by atoms with Gasteiger partial charge in [0.25, 0.3) is 0 Å². The Hall–Kier alpha value is -2.18. The number of sulfonamides is 1. The van der Waals surface area contributed by atoms with Crippen molar-refractivity contribution in [2.75, 3.05) is 25.0 Å². The van der Waals surface area contributed by atoms with E-state index in [9.17, 15) is 8.42 Å². The lowest BCUT2D eigenvalue weighted by atomic mass is 9.99. The van der Waals surface area contributed by atoms with Crippen molar-refractivity contribution in [1.82, 2.24) is 23.9 Å². The van der Waals surface area contributed by atoms with Crippen molar-refractivity contribution in [2.45, 2.75) is 17.7 Å². The zero-order valence-electron chi connectivity index (χ0n) is 18.9. The Morgan fingerprint density at radius 1 is 1.19 bits per heavy atom. The fraction of sp³-hybridized carbons (Fsp3) is 0.261. The summed E-state index contributed by atoms with van der Waals surface area (Å²) in [6.45, 7) is 1.36. The van der Waals surface area contributed by atoms with E-state index in [1.807, 2.05) is 24.3 Å². The average Bonchev–Trinajstić information content (AvgIpc) is 3.25. The molecule has 13 heteroatoms. The van der Waals surface area contributed by atoms with Crippen LogP contribution in [0.5, 0.6) is 0 Å². The number of hydrogen-bond acceptors (Lipinski definition) is 6. The molecule has 1 aliphatic heterocycles. The molecule has 5 rings (SSSR count). The number of benzene rings is 1. The molecule has 1 N–H and O–H groups in total. The summed E-state index contributed by atoms with van der Waals surface area (Å²) in [6.07, 6.45) is 4.47. The van der Waals surface area contributed by atoms with Crippen LogP contribution in [0.2, 0.25) is 10.2 Å². The van der Waals surface area contributed by atoms with Gasteiger partial charge in [-0.1, -0.05) is 41.4 Å². The molecule has 8 nitrogen and oxygen atoms in total. The number of halogens is 3. The van der Waals surface area contributed by atoms with E-state index < -0.39 is 10.0 Å². The topological polar surface area (TPSA) is 92.5 Å². The van der Waals surface area contributed by atoms with Gasteiger partial charge in [-0.05, 0) is 52.3 Å². The number of hydrogen-bond donors (Lipinski definition) is 1. The molecule has 2 radical (unpaired) electrons. The van der Waals surface area contributed by atoms with E-state index in [1.165, 1.54) is 16.6 Å². The number of pyridine rings is 1. The van der Waals surface area contributed by atoms with Crippen LogP contribution >= 0.6 is 39.1 Å². The molecule has 1 fully saturated rings. The van der Waals surface area contributed by atoms with Crippen molar-refractivity contribution in [2.24, 2.45) is 5.92 Å². The zero-order valence-corrected chi connectivity index (χ0v) is 22.8. The smallest absolute Gasteiger partial charge is 0.244 e. The summed E-state index contributed by atoms with van der Waals surface area (Å²) in [4.78, 5) is 8.74. The van der Waals surface area contributed by atoms with Gasteiger partial charge in [0.05, 0.1) is 10.2 Å². The monoisotopic (exact) mass is 604 g/mol. The summed E-state index contributed by atoms with van der Waals surface area (Å²) in [6, 6.07) is 10.8. The van der Waals surface area contributed by atoms with Crippen LogP contribution in [0.1, 0.15) is 12.8 Å². The highest BCUT2D eigenvalue weighted by atomic mass is 79.9. The Kier molecular flexibility index (Phi) is 7.29. The number of piperidine rings is 1. The van der Waals surface area contributed by atoms with Crippen LogP contribution in [0.3, 0.4) is 0 Å². The number of anilines is 1. The molecule has 1 aromatic carbocycles. The van der Waals surface area contributed by atoms with Gasteiger partial charge in [0.2, 0.25) is 10.0 Å². The zero-order chi connectivity index (χ0) is 25.4. The van der Waals surface area contributed by atoms with Crippen molar-refractivity contribution in [1.29, 1.82) is 0 Å². The van der Waals surface area contributed by atoms with E-state index in [4.69, 9.17) is 31.0 Å². The quantitative estimate of drug-likeness (QED) is 0.262. The minimum absolute atomic E-state index is 0.0807. The van der Waals surface area contributed by atoms with Gasteiger partial charge in [0.15, 0.2) is 5.65 Å². The molecule has 4 aromatic rings. The molecule has 3 aromatic heterocycles. The van der Waals surface area contributed by atoms with Crippen LogP contribution in [-0.2, 0) is 10.0 Å². The summed E-state index contributed by atoms with van der Waals surface area (Å²) < 4.78 is 30.1. The standard InChI is InChI=1S/C23H20BBrCl2N6O2S/c24-17-12-30-33-21(9-20(31-23(17)33)16-5-1-2-6-19(16)26)28-10-14-4-3-7-32(13-14)36(34,35)15-8-18(25)22(27)29-11-15/h1-2,5-6,8-9,11-12,14,28H,3-4,7,10,13H2. The minimum atomic E-state index is -3.70. The molecule has 1 saturated heterocycles. The van der Waals surface area contributed by atoms with E-state index in [0.29, 0.717) is 51.8 Å². The van der Waals surface area contributed by atoms with Crippen molar-refractivity contribution in [3.05, 3.63) is 63.4 Å². The summed E-state index contributed by atoms with van der Waals surface area (Å²) in [5.74, 6) is 0.773. The number of nitrogens with one attached hydrogen (secondary N) is 1. The fourth-order valence-electron chi connectivity index (χ4n) is 4.27. The number of rotatable bonds is 6. The first-order valence-corrected chi connectivity index (χ1v) is 14.2. The lowest BCUT2D eigenvalue weighted by molar-refractivity contribution is 0.275. The Morgan fingerprint density at radius 2 is 2.00 bits per heavy atom. The average molecular weight is 606 g/mol. The van der Waals surface area contributed by atoms with Crippen LogP contribution in [0.4, 0.5) is 5.82 Å². The van der Waals surface area contributed by atoms with Crippen molar-refractivity contribution in [3.63, 3.8) is 0 Å².